The van der Waals surface area contributed by atoms with Gasteiger partial charge in [-0.05, 0) is 55.0 Å². The zero-order valence-corrected chi connectivity index (χ0v) is 19.8. The molecule has 0 unspecified atom stereocenters. The van der Waals surface area contributed by atoms with Crippen LogP contribution in [0.2, 0.25) is 0 Å². The van der Waals surface area contributed by atoms with E-state index in [9.17, 15) is 26.7 Å². The summed E-state index contributed by atoms with van der Waals surface area (Å²) >= 11 is 0. The van der Waals surface area contributed by atoms with Crippen LogP contribution in [0.15, 0.2) is 77.3 Å². The predicted molar refractivity (Wildman–Crippen MR) is 127 cm³/mol. The third-order valence-electron chi connectivity index (χ3n) is 5.84. The highest BCUT2D eigenvalue weighted by atomic mass is 19.4. The Kier molecular flexibility index (Phi) is 6.43. The number of para-hydroxylation sites is 1. The van der Waals surface area contributed by atoms with Crippen LogP contribution in [0, 0.1) is 18.6 Å². The van der Waals surface area contributed by atoms with Crippen LogP contribution in [-0.2, 0) is 19.3 Å². The molecule has 5 aromatic rings. The fraction of sp³-hybridized carbons (Fsp3) is 0.148. The van der Waals surface area contributed by atoms with Crippen molar-refractivity contribution >= 4 is 17.0 Å². The van der Waals surface area contributed by atoms with E-state index in [1.165, 1.54) is 24.3 Å². The van der Waals surface area contributed by atoms with Crippen molar-refractivity contribution in [1.29, 1.82) is 0 Å². The number of oxazole rings is 1. The summed E-state index contributed by atoms with van der Waals surface area (Å²) in [7, 11) is 0. The summed E-state index contributed by atoms with van der Waals surface area (Å²) in [6.07, 6.45) is -4.15. The summed E-state index contributed by atoms with van der Waals surface area (Å²) in [4.78, 5) is 18.9. The molecule has 0 N–H and O–H groups in total. The normalized spacial score (nSPS) is 11.7. The van der Waals surface area contributed by atoms with Crippen molar-refractivity contribution in [3.05, 3.63) is 113 Å². The van der Waals surface area contributed by atoms with Crippen LogP contribution in [0.4, 0.5) is 22.0 Å². The third-order valence-corrected chi connectivity index (χ3v) is 5.84. The highest BCUT2D eigenvalue weighted by Crippen LogP contribution is 2.35. The van der Waals surface area contributed by atoms with Gasteiger partial charge < -0.3 is 9.32 Å². The Balaban J connectivity index is 1.58. The van der Waals surface area contributed by atoms with Crippen LogP contribution in [0.3, 0.4) is 0 Å². The second-order valence-corrected chi connectivity index (χ2v) is 8.63. The van der Waals surface area contributed by atoms with Crippen molar-refractivity contribution < 1.29 is 31.2 Å². The molecule has 0 saturated heterocycles. The fourth-order valence-electron chi connectivity index (χ4n) is 4.10. The van der Waals surface area contributed by atoms with Gasteiger partial charge in [0, 0.05) is 12.1 Å². The zero-order valence-electron chi connectivity index (χ0n) is 19.8. The van der Waals surface area contributed by atoms with Crippen LogP contribution in [0.25, 0.3) is 16.8 Å². The first-order valence-electron chi connectivity index (χ1n) is 11.4. The molecule has 0 spiro atoms. The van der Waals surface area contributed by atoms with E-state index in [2.05, 4.69) is 10.1 Å². The molecule has 2 aromatic heterocycles. The maximum atomic E-state index is 14.5. The van der Waals surface area contributed by atoms with E-state index in [-0.39, 0.29) is 17.1 Å². The summed E-state index contributed by atoms with van der Waals surface area (Å²) in [6, 6.07) is 15.4. The van der Waals surface area contributed by atoms with E-state index in [1.54, 1.807) is 24.3 Å². The monoisotopic (exact) mass is 526 g/mol. The van der Waals surface area contributed by atoms with Gasteiger partial charge in [-0.25, -0.2) is 18.4 Å². The zero-order chi connectivity index (χ0) is 27.0. The molecule has 5 rings (SSSR count). The number of halogens is 5. The lowest BCUT2D eigenvalue weighted by atomic mass is 10.1. The molecule has 0 aliphatic heterocycles. The van der Waals surface area contributed by atoms with Crippen molar-refractivity contribution in [3.63, 3.8) is 0 Å². The van der Waals surface area contributed by atoms with Crippen molar-refractivity contribution in [2.45, 2.75) is 26.2 Å². The van der Waals surface area contributed by atoms with E-state index in [4.69, 9.17) is 4.42 Å². The summed E-state index contributed by atoms with van der Waals surface area (Å²) in [5.74, 6) is -2.69. The lowest BCUT2D eigenvalue weighted by Crippen LogP contribution is -2.32. The van der Waals surface area contributed by atoms with E-state index >= 15 is 0 Å². The van der Waals surface area contributed by atoms with Crippen LogP contribution in [-0.4, -0.2) is 25.6 Å². The van der Waals surface area contributed by atoms with Crippen molar-refractivity contribution in [2.75, 3.05) is 0 Å². The lowest BCUT2D eigenvalue weighted by molar-refractivity contribution is -0.143. The molecule has 0 aliphatic rings. The van der Waals surface area contributed by atoms with Gasteiger partial charge in [0.15, 0.2) is 11.3 Å². The summed E-state index contributed by atoms with van der Waals surface area (Å²) in [6.45, 7) is 0.893. The lowest BCUT2D eigenvalue weighted by Gasteiger charge is -2.22. The summed E-state index contributed by atoms with van der Waals surface area (Å²) < 4.78 is 77.4. The largest absolute Gasteiger partial charge is 0.439 e. The number of fused-ring (bicyclic) bond motifs is 1. The molecule has 0 bridgehead atoms. The van der Waals surface area contributed by atoms with Crippen LogP contribution in [0.5, 0.6) is 0 Å². The van der Waals surface area contributed by atoms with Crippen molar-refractivity contribution in [3.8, 4) is 5.69 Å². The SMILES string of the molecule is Cc1ccc2oc(CN(Cc3cc(F)ccc3F)C(=O)c3cnn(-c4ccccc4)c3C(F)(F)F)nc2c1. The van der Waals surface area contributed by atoms with Gasteiger partial charge in [-0.3, -0.25) is 4.79 Å². The highest BCUT2D eigenvalue weighted by molar-refractivity contribution is 5.95. The smallest absolute Gasteiger partial charge is 0.434 e. The second-order valence-electron chi connectivity index (χ2n) is 8.63. The standard InChI is InChI=1S/C27H19F5N4O2/c1-16-7-10-23-22(11-16)34-24(38-23)15-35(14-17-12-18(28)8-9-21(17)29)26(37)20-13-33-36(25(20)27(30,31)32)19-5-3-2-4-6-19/h2-13H,14-15H2,1H3. The van der Waals surface area contributed by atoms with E-state index in [1.807, 2.05) is 6.92 Å². The first kappa shape index (κ1) is 25.1. The number of carbonyl (C=O) groups excluding carboxylic acids is 1. The Morgan fingerprint density at radius 1 is 1.00 bits per heavy atom. The minimum atomic E-state index is -4.96. The third kappa shape index (κ3) is 4.99. The van der Waals surface area contributed by atoms with Gasteiger partial charge in [0.1, 0.15) is 17.2 Å². The number of amides is 1. The molecule has 38 heavy (non-hydrogen) atoms. The fourth-order valence-corrected chi connectivity index (χ4v) is 4.10. The Bertz CT molecular complexity index is 1630. The van der Waals surface area contributed by atoms with Crippen LogP contribution >= 0.6 is 0 Å². The van der Waals surface area contributed by atoms with Gasteiger partial charge in [-0.15, -0.1) is 0 Å². The van der Waals surface area contributed by atoms with Crippen LogP contribution in [0.1, 0.15) is 33.1 Å². The maximum Gasteiger partial charge on any atom is 0.434 e. The molecule has 3 aromatic carbocycles. The number of alkyl halides is 3. The molecular weight excluding hydrogens is 507 g/mol. The number of nitrogens with zero attached hydrogens (tertiary/aromatic N) is 4. The molecule has 0 saturated carbocycles. The minimum absolute atomic E-state index is 0.0137. The molecule has 11 heteroatoms. The Hall–Kier alpha value is -4.54. The number of rotatable bonds is 6. The number of hydrogen-bond acceptors (Lipinski definition) is 4. The van der Waals surface area contributed by atoms with Gasteiger partial charge in [0.2, 0.25) is 5.89 Å². The highest BCUT2D eigenvalue weighted by Gasteiger charge is 2.41. The molecule has 2 heterocycles. The van der Waals surface area contributed by atoms with E-state index in [0.717, 1.165) is 34.9 Å². The first-order chi connectivity index (χ1) is 18.1. The molecule has 0 radical (unpaired) electrons. The summed E-state index contributed by atoms with van der Waals surface area (Å²) in [5, 5.41) is 3.82. The van der Waals surface area contributed by atoms with Gasteiger partial charge in [-0.1, -0.05) is 24.3 Å². The Labute approximate surface area is 212 Å². The molecule has 0 aliphatic carbocycles. The average Bonchev–Trinajstić information content (AvgIpc) is 3.50. The van der Waals surface area contributed by atoms with Gasteiger partial charge in [0.25, 0.3) is 5.91 Å². The first-order valence-corrected chi connectivity index (χ1v) is 11.4. The molecular formula is C27H19F5N4O2. The number of aryl methyl sites for hydroxylation is 1. The molecule has 0 atom stereocenters. The number of benzene rings is 3. The van der Waals surface area contributed by atoms with E-state index in [0.29, 0.717) is 15.8 Å². The molecule has 6 nitrogen and oxygen atoms in total. The summed E-state index contributed by atoms with van der Waals surface area (Å²) in [5.41, 5.74) is -0.405. The molecule has 194 valence electrons. The quantitative estimate of drug-likeness (QED) is 0.238. The van der Waals surface area contributed by atoms with Gasteiger partial charge in [0.05, 0.1) is 24.0 Å². The van der Waals surface area contributed by atoms with Gasteiger partial charge in [-0.2, -0.15) is 18.3 Å². The Morgan fingerprint density at radius 3 is 2.50 bits per heavy atom. The number of carbonyl (C=O) groups is 1. The number of hydrogen-bond donors (Lipinski definition) is 0. The minimum Gasteiger partial charge on any atom is -0.439 e. The van der Waals surface area contributed by atoms with Crippen molar-refractivity contribution in [1.82, 2.24) is 19.7 Å². The topological polar surface area (TPSA) is 64.2 Å². The average molecular weight is 526 g/mol. The predicted octanol–water partition coefficient (Wildman–Crippen LogP) is 6.46. The number of aromatic nitrogens is 3. The maximum absolute atomic E-state index is 14.5. The molecule has 1 amide bonds. The Morgan fingerprint density at radius 2 is 1.76 bits per heavy atom. The second kappa shape index (κ2) is 9.73. The van der Waals surface area contributed by atoms with Gasteiger partial charge >= 0.3 is 6.18 Å². The van der Waals surface area contributed by atoms with Crippen molar-refractivity contribution in [2.24, 2.45) is 0 Å². The van der Waals surface area contributed by atoms with Crippen LogP contribution < -0.4 is 0 Å². The van der Waals surface area contributed by atoms with E-state index < -0.39 is 48.1 Å². The molecule has 0 fully saturated rings.